The molecule has 0 aliphatic heterocycles. The van der Waals surface area contributed by atoms with Gasteiger partial charge in [0.05, 0.1) is 0 Å². The van der Waals surface area contributed by atoms with Crippen LogP contribution in [0.25, 0.3) is 0 Å². The van der Waals surface area contributed by atoms with E-state index in [1.54, 1.807) is 6.20 Å². The molecule has 6 heteroatoms. The molecule has 1 amide bonds. The first kappa shape index (κ1) is 12.2. The molecule has 0 spiro atoms. The maximum absolute atomic E-state index is 11.6. The van der Waals surface area contributed by atoms with Crippen LogP contribution in [0.4, 0.5) is 0 Å². The minimum absolute atomic E-state index is 0.0279. The van der Waals surface area contributed by atoms with Crippen LogP contribution >= 0.6 is 0 Å². The number of aromatic nitrogens is 4. The van der Waals surface area contributed by atoms with Crippen molar-refractivity contribution in [3.8, 4) is 0 Å². The minimum Gasteiger partial charge on any atom is -0.356 e. The molecule has 2 N–H and O–H groups in total. The van der Waals surface area contributed by atoms with Gasteiger partial charge in [0, 0.05) is 31.3 Å². The molecule has 6 nitrogen and oxygen atoms in total. The van der Waals surface area contributed by atoms with Crippen molar-refractivity contribution in [2.45, 2.75) is 19.3 Å². The number of H-pyrrole nitrogens is 1. The quantitative estimate of drug-likeness (QED) is 0.776. The number of carbonyl (C=O) groups excluding carboxylic acids is 1. The molecule has 0 aliphatic rings. The number of pyridine rings is 1. The Bertz CT molecular complexity index is 468. The Kier molecular flexibility index (Phi) is 4.40. The topological polar surface area (TPSA) is 83.6 Å². The Morgan fingerprint density at radius 2 is 2.22 bits per heavy atom. The Balaban J connectivity index is 1.63. The van der Waals surface area contributed by atoms with Crippen LogP contribution in [0.2, 0.25) is 0 Å². The third-order valence-corrected chi connectivity index (χ3v) is 2.48. The SMILES string of the molecule is O=C(CCc1ccccn1)NCCc1ncn[nH]1. The summed E-state index contributed by atoms with van der Waals surface area (Å²) >= 11 is 0. The van der Waals surface area contributed by atoms with Crippen LogP contribution in [0.1, 0.15) is 17.9 Å². The van der Waals surface area contributed by atoms with Gasteiger partial charge in [-0.3, -0.25) is 14.9 Å². The minimum atomic E-state index is 0.0279. The van der Waals surface area contributed by atoms with Gasteiger partial charge in [-0.05, 0) is 18.6 Å². The summed E-state index contributed by atoms with van der Waals surface area (Å²) in [4.78, 5) is 19.7. The predicted octanol–water partition coefficient (Wildman–Crippen LogP) is 0.491. The van der Waals surface area contributed by atoms with Crippen molar-refractivity contribution >= 4 is 5.91 Å². The van der Waals surface area contributed by atoms with Gasteiger partial charge >= 0.3 is 0 Å². The van der Waals surface area contributed by atoms with E-state index in [-0.39, 0.29) is 5.91 Å². The Morgan fingerprint density at radius 3 is 2.94 bits per heavy atom. The van der Waals surface area contributed by atoms with E-state index >= 15 is 0 Å². The van der Waals surface area contributed by atoms with Crippen LogP contribution in [-0.4, -0.2) is 32.6 Å². The summed E-state index contributed by atoms with van der Waals surface area (Å²) in [6.07, 6.45) is 4.97. The number of carbonyl (C=O) groups is 1. The van der Waals surface area contributed by atoms with E-state index in [9.17, 15) is 4.79 Å². The standard InChI is InChI=1S/C12H15N5O/c18-12(5-4-10-3-1-2-7-13-10)14-8-6-11-15-9-16-17-11/h1-3,7,9H,4-6,8H2,(H,14,18)(H,15,16,17). The second kappa shape index (κ2) is 6.48. The van der Waals surface area contributed by atoms with Gasteiger partial charge in [0.15, 0.2) is 0 Å². The van der Waals surface area contributed by atoms with Crippen LogP contribution in [0.5, 0.6) is 0 Å². The van der Waals surface area contributed by atoms with E-state index in [1.165, 1.54) is 6.33 Å². The molecule has 0 aliphatic carbocycles. The van der Waals surface area contributed by atoms with Gasteiger partial charge in [-0.25, -0.2) is 4.98 Å². The second-order valence-corrected chi connectivity index (χ2v) is 3.85. The van der Waals surface area contributed by atoms with Crippen LogP contribution < -0.4 is 5.32 Å². The van der Waals surface area contributed by atoms with Crippen LogP contribution in [-0.2, 0) is 17.6 Å². The zero-order valence-corrected chi connectivity index (χ0v) is 9.97. The van der Waals surface area contributed by atoms with Crippen molar-refractivity contribution in [1.29, 1.82) is 0 Å². The smallest absolute Gasteiger partial charge is 0.220 e. The first-order valence-corrected chi connectivity index (χ1v) is 5.85. The Labute approximate surface area is 105 Å². The maximum Gasteiger partial charge on any atom is 0.220 e. The predicted molar refractivity (Wildman–Crippen MR) is 65.7 cm³/mol. The molecule has 2 heterocycles. The van der Waals surface area contributed by atoms with E-state index < -0.39 is 0 Å². The van der Waals surface area contributed by atoms with Crippen molar-refractivity contribution in [1.82, 2.24) is 25.5 Å². The zero-order valence-electron chi connectivity index (χ0n) is 9.97. The fourth-order valence-electron chi connectivity index (χ4n) is 1.55. The molecule has 0 bridgehead atoms. The molecule has 0 saturated heterocycles. The largest absolute Gasteiger partial charge is 0.356 e. The van der Waals surface area contributed by atoms with Gasteiger partial charge in [-0.1, -0.05) is 6.07 Å². The monoisotopic (exact) mass is 245 g/mol. The molecule has 0 radical (unpaired) electrons. The summed E-state index contributed by atoms with van der Waals surface area (Å²) in [7, 11) is 0. The van der Waals surface area contributed by atoms with Gasteiger partial charge in [-0.2, -0.15) is 5.10 Å². The summed E-state index contributed by atoms with van der Waals surface area (Å²) in [5.41, 5.74) is 0.933. The molecule has 2 aromatic rings. The molecular weight excluding hydrogens is 230 g/mol. The van der Waals surface area contributed by atoms with Gasteiger partial charge in [0.1, 0.15) is 12.2 Å². The van der Waals surface area contributed by atoms with E-state index in [2.05, 4.69) is 25.5 Å². The number of aromatic amines is 1. The lowest BCUT2D eigenvalue weighted by molar-refractivity contribution is -0.121. The lowest BCUT2D eigenvalue weighted by Crippen LogP contribution is -2.26. The zero-order chi connectivity index (χ0) is 12.6. The number of rotatable bonds is 6. The molecule has 2 aromatic heterocycles. The normalized spacial score (nSPS) is 10.2. The highest BCUT2D eigenvalue weighted by Crippen LogP contribution is 1.98. The van der Waals surface area contributed by atoms with Crippen molar-refractivity contribution in [3.63, 3.8) is 0 Å². The molecular formula is C12H15N5O. The van der Waals surface area contributed by atoms with Gasteiger partial charge in [0.25, 0.3) is 0 Å². The third-order valence-electron chi connectivity index (χ3n) is 2.48. The number of aryl methyl sites for hydroxylation is 1. The first-order chi connectivity index (χ1) is 8.84. The molecule has 2 rings (SSSR count). The first-order valence-electron chi connectivity index (χ1n) is 5.85. The molecule has 0 saturated carbocycles. The van der Waals surface area contributed by atoms with E-state index in [1.807, 2.05) is 18.2 Å². The third kappa shape index (κ3) is 3.97. The summed E-state index contributed by atoms with van der Waals surface area (Å²) in [6, 6.07) is 5.70. The molecule has 18 heavy (non-hydrogen) atoms. The summed E-state index contributed by atoms with van der Waals surface area (Å²) in [5, 5.41) is 9.32. The fourth-order valence-corrected chi connectivity index (χ4v) is 1.55. The molecule has 0 atom stereocenters. The van der Waals surface area contributed by atoms with E-state index in [0.29, 0.717) is 25.8 Å². The number of nitrogens with zero attached hydrogens (tertiary/aromatic N) is 3. The van der Waals surface area contributed by atoms with Crippen LogP contribution in [0.3, 0.4) is 0 Å². The highest BCUT2D eigenvalue weighted by atomic mass is 16.1. The second-order valence-electron chi connectivity index (χ2n) is 3.85. The lowest BCUT2D eigenvalue weighted by atomic mass is 10.2. The van der Waals surface area contributed by atoms with Gasteiger partial charge in [-0.15, -0.1) is 0 Å². The maximum atomic E-state index is 11.6. The van der Waals surface area contributed by atoms with Crippen molar-refractivity contribution in [2.75, 3.05) is 6.54 Å². The van der Waals surface area contributed by atoms with Crippen molar-refractivity contribution in [2.24, 2.45) is 0 Å². The summed E-state index contributed by atoms with van der Waals surface area (Å²) < 4.78 is 0. The lowest BCUT2D eigenvalue weighted by Gasteiger charge is -2.03. The number of hydrogen-bond donors (Lipinski definition) is 2. The molecule has 94 valence electrons. The van der Waals surface area contributed by atoms with Crippen LogP contribution in [0, 0.1) is 0 Å². The van der Waals surface area contributed by atoms with E-state index in [0.717, 1.165) is 11.5 Å². The number of amides is 1. The Hall–Kier alpha value is -2.24. The Morgan fingerprint density at radius 1 is 1.28 bits per heavy atom. The van der Waals surface area contributed by atoms with Crippen LogP contribution in [0.15, 0.2) is 30.7 Å². The highest BCUT2D eigenvalue weighted by Gasteiger charge is 2.03. The average molecular weight is 245 g/mol. The molecule has 0 aromatic carbocycles. The molecule has 0 fully saturated rings. The van der Waals surface area contributed by atoms with Gasteiger partial charge in [0.2, 0.25) is 5.91 Å². The fraction of sp³-hybridized carbons (Fsp3) is 0.333. The molecule has 0 unspecified atom stereocenters. The number of hydrogen-bond acceptors (Lipinski definition) is 4. The summed E-state index contributed by atoms with van der Waals surface area (Å²) in [6.45, 7) is 0.566. The average Bonchev–Trinajstić information content (AvgIpc) is 2.91. The summed E-state index contributed by atoms with van der Waals surface area (Å²) in [5.74, 6) is 0.806. The van der Waals surface area contributed by atoms with E-state index in [4.69, 9.17) is 0 Å². The van der Waals surface area contributed by atoms with Crippen molar-refractivity contribution < 1.29 is 4.79 Å². The highest BCUT2D eigenvalue weighted by molar-refractivity contribution is 5.76. The van der Waals surface area contributed by atoms with Gasteiger partial charge < -0.3 is 5.32 Å². The number of nitrogens with one attached hydrogen (secondary N) is 2. The van der Waals surface area contributed by atoms with Crippen molar-refractivity contribution in [3.05, 3.63) is 42.2 Å².